The number of carboxylic acid groups (broad SMARTS) is 1. The van der Waals surface area contributed by atoms with E-state index in [1.165, 1.54) is 17.7 Å². The van der Waals surface area contributed by atoms with Crippen LogP contribution in [0.1, 0.15) is 12.0 Å². The van der Waals surface area contributed by atoms with E-state index in [2.05, 4.69) is 16.3 Å². The molecule has 0 spiro atoms. The van der Waals surface area contributed by atoms with Crippen LogP contribution < -0.4 is 10.1 Å². The minimum absolute atomic E-state index is 0.150. The molecule has 2 aromatic carbocycles. The highest BCUT2D eigenvalue weighted by atomic mass is 19.1. The van der Waals surface area contributed by atoms with Crippen LogP contribution in [0.25, 0.3) is 5.57 Å². The second-order valence-corrected chi connectivity index (χ2v) is 6.67. The quantitative estimate of drug-likeness (QED) is 0.679. The summed E-state index contributed by atoms with van der Waals surface area (Å²) in [6.45, 7) is 2.18. The molecule has 0 bridgehead atoms. The molecule has 3 rings (SSSR count). The summed E-state index contributed by atoms with van der Waals surface area (Å²) in [6.07, 6.45) is 1.19. The topological polar surface area (TPSA) is 82.0 Å². The van der Waals surface area contributed by atoms with Crippen LogP contribution in [0, 0.1) is 5.82 Å². The zero-order valence-electron chi connectivity index (χ0n) is 15.3. The van der Waals surface area contributed by atoms with Crippen LogP contribution in [0.3, 0.4) is 0 Å². The summed E-state index contributed by atoms with van der Waals surface area (Å²) < 4.78 is 18.6. The first-order chi connectivity index (χ1) is 13.5. The second kappa shape index (κ2) is 9.34. The van der Waals surface area contributed by atoms with Gasteiger partial charge in [-0.3, -0.25) is 10.2 Å². The number of ether oxygens (including phenoxy) is 1. The zero-order chi connectivity index (χ0) is 19.9. The number of carbonyl (C=O) groups is 1. The predicted molar refractivity (Wildman–Crippen MR) is 105 cm³/mol. The molecule has 7 heteroatoms. The number of aliphatic hydroxyl groups excluding tert-OH is 1. The lowest BCUT2D eigenvalue weighted by atomic mass is 9.99. The van der Waals surface area contributed by atoms with E-state index in [-0.39, 0.29) is 12.4 Å². The number of amides is 1. The van der Waals surface area contributed by atoms with E-state index >= 15 is 0 Å². The van der Waals surface area contributed by atoms with Gasteiger partial charge in [0.2, 0.25) is 0 Å². The number of halogens is 1. The van der Waals surface area contributed by atoms with Crippen LogP contribution in [0.5, 0.6) is 5.75 Å². The lowest BCUT2D eigenvalue weighted by molar-refractivity contribution is 0.0717. The minimum Gasteiger partial charge on any atom is -0.491 e. The molecule has 1 aliphatic rings. The fourth-order valence-electron chi connectivity index (χ4n) is 3.10. The molecule has 3 N–H and O–H groups in total. The van der Waals surface area contributed by atoms with Gasteiger partial charge in [0.1, 0.15) is 24.3 Å². The molecule has 0 saturated carbocycles. The average Bonchev–Trinajstić information content (AvgIpc) is 2.68. The summed E-state index contributed by atoms with van der Waals surface area (Å²) in [5.74, 6) is 0.324. The first-order valence-corrected chi connectivity index (χ1v) is 9.08. The van der Waals surface area contributed by atoms with Gasteiger partial charge in [-0.1, -0.05) is 18.2 Å². The molecule has 6 nitrogen and oxygen atoms in total. The van der Waals surface area contributed by atoms with Crippen LogP contribution in [0.15, 0.2) is 54.6 Å². The number of nitrogens with one attached hydrogen (secondary N) is 1. The van der Waals surface area contributed by atoms with Crippen molar-refractivity contribution in [1.29, 1.82) is 0 Å². The van der Waals surface area contributed by atoms with E-state index in [1.807, 2.05) is 0 Å². The van der Waals surface area contributed by atoms with Crippen molar-refractivity contribution in [2.45, 2.75) is 12.5 Å². The maximum absolute atomic E-state index is 13.0. The molecule has 1 atom stereocenters. The number of anilines is 1. The van der Waals surface area contributed by atoms with Gasteiger partial charge in [0.25, 0.3) is 0 Å². The molecule has 0 radical (unpaired) electrons. The number of hydrogen-bond acceptors (Lipinski definition) is 4. The normalized spacial score (nSPS) is 15.6. The predicted octanol–water partition coefficient (Wildman–Crippen LogP) is 3.44. The molecule has 2 aromatic rings. The maximum Gasteiger partial charge on any atom is 0.409 e. The number of nitrogens with zero attached hydrogens (tertiary/aromatic N) is 1. The van der Waals surface area contributed by atoms with Crippen molar-refractivity contribution < 1.29 is 24.1 Å². The number of rotatable bonds is 7. The summed E-state index contributed by atoms with van der Waals surface area (Å²) in [6, 6.07) is 13.0. The third kappa shape index (κ3) is 5.80. The van der Waals surface area contributed by atoms with Crippen molar-refractivity contribution in [2.75, 3.05) is 31.6 Å². The Hall–Kier alpha value is -2.90. The SMILES string of the molecule is O=C(O)Nc1ccc(OCC(O)CN2CC=C(c3ccc(F)cc3)CC2)cc1. The second-order valence-electron chi connectivity index (χ2n) is 6.67. The fourth-order valence-corrected chi connectivity index (χ4v) is 3.10. The van der Waals surface area contributed by atoms with Gasteiger partial charge in [0, 0.05) is 25.3 Å². The number of β-amino-alcohol motifs (C(OH)–C–C–N with tert-alkyl or cyclic N) is 1. The molecule has 1 aliphatic heterocycles. The highest BCUT2D eigenvalue weighted by Gasteiger charge is 2.16. The molecule has 148 valence electrons. The largest absolute Gasteiger partial charge is 0.491 e. The third-order valence-electron chi connectivity index (χ3n) is 4.53. The van der Waals surface area contributed by atoms with E-state index in [0.717, 1.165) is 25.1 Å². The molecule has 0 fully saturated rings. The highest BCUT2D eigenvalue weighted by Crippen LogP contribution is 2.22. The Labute approximate surface area is 162 Å². The molecule has 0 aromatic heterocycles. The molecule has 0 saturated heterocycles. The smallest absolute Gasteiger partial charge is 0.409 e. The lowest BCUT2D eigenvalue weighted by Crippen LogP contribution is -2.38. The van der Waals surface area contributed by atoms with Gasteiger partial charge >= 0.3 is 6.09 Å². The molecular formula is C21H23FN2O4. The van der Waals surface area contributed by atoms with E-state index in [1.54, 1.807) is 36.4 Å². The Morgan fingerprint density at radius 1 is 1.18 bits per heavy atom. The first kappa shape index (κ1) is 19.9. The van der Waals surface area contributed by atoms with Crippen molar-refractivity contribution in [3.63, 3.8) is 0 Å². The van der Waals surface area contributed by atoms with Crippen molar-refractivity contribution in [1.82, 2.24) is 4.90 Å². The summed E-state index contributed by atoms with van der Waals surface area (Å²) >= 11 is 0. The van der Waals surface area contributed by atoms with Gasteiger partial charge in [0.05, 0.1) is 0 Å². The standard InChI is InChI=1S/C21H23FN2O4/c22-17-3-1-15(2-4-17)16-9-11-24(12-10-16)13-19(25)14-28-20-7-5-18(6-8-20)23-21(26)27/h1-9,19,23,25H,10-14H2,(H,26,27). The molecular weight excluding hydrogens is 363 g/mol. The summed E-state index contributed by atoms with van der Waals surface area (Å²) in [5.41, 5.74) is 2.68. The van der Waals surface area contributed by atoms with E-state index < -0.39 is 12.2 Å². The minimum atomic E-state index is -1.12. The van der Waals surface area contributed by atoms with Crippen LogP contribution >= 0.6 is 0 Å². The highest BCUT2D eigenvalue weighted by molar-refractivity contribution is 5.82. The Morgan fingerprint density at radius 3 is 2.50 bits per heavy atom. The van der Waals surface area contributed by atoms with Crippen LogP contribution in [-0.4, -0.2) is 53.6 Å². The van der Waals surface area contributed by atoms with E-state index in [9.17, 15) is 14.3 Å². The molecule has 28 heavy (non-hydrogen) atoms. The Kier molecular flexibility index (Phi) is 6.62. The Balaban J connectivity index is 1.43. The first-order valence-electron chi connectivity index (χ1n) is 9.08. The lowest BCUT2D eigenvalue weighted by Gasteiger charge is -2.28. The van der Waals surface area contributed by atoms with Gasteiger partial charge in [-0.15, -0.1) is 0 Å². The van der Waals surface area contributed by atoms with Gasteiger partial charge in [-0.2, -0.15) is 0 Å². The number of aliphatic hydroxyl groups is 1. The van der Waals surface area contributed by atoms with Crippen molar-refractivity contribution >= 4 is 17.4 Å². The Bertz CT molecular complexity index is 821. The summed E-state index contributed by atoms with van der Waals surface area (Å²) in [5, 5.41) is 21.1. The third-order valence-corrected chi connectivity index (χ3v) is 4.53. The maximum atomic E-state index is 13.0. The van der Waals surface area contributed by atoms with Crippen LogP contribution in [0.4, 0.5) is 14.9 Å². The molecule has 1 unspecified atom stereocenters. The number of hydrogen-bond donors (Lipinski definition) is 3. The fraction of sp³-hybridized carbons (Fsp3) is 0.286. The molecule has 1 heterocycles. The summed E-state index contributed by atoms with van der Waals surface area (Å²) in [4.78, 5) is 12.7. The van der Waals surface area contributed by atoms with Crippen molar-refractivity contribution in [3.8, 4) is 5.75 Å². The average molecular weight is 386 g/mol. The van der Waals surface area contributed by atoms with E-state index in [4.69, 9.17) is 9.84 Å². The number of benzene rings is 2. The van der Waals surface area contributed by atoms with Crippen molar-refractivity contribution in [3.05, 3.63) is 66.0 Å². The molecule has 0 aliphatic carbocycles. The summed E-state index contributed by atoms with van der Waals surface area (Å²) in [7, 11) is 0. The van der Waals surface area contributed by atoms with Gasteiger partial charge in [-0.25, -0.2) is 9.18 Å². The van der Waals surface area contributed by atoms with Crippen LogP contribution in [0.2, 0.25) is 0 Å². The Morgan fingerprint density at radius 2 is 1.89 bits per heavy atom. The zero-order valence-corrected chi connectivity index (χ0v) is 15.3. The van der Waals surface area contributed by atoms with Gasteiger partial charge in [0.15, 0.2) is 0 Å². The van der Waals surface area contributed by atoms with Gasteiger partial charge < -0.3 is 14.9 Å². The monoisotopic (exact) mass is 386 g/mol. The van der Waals surface area contributed by atoms with E-state index in [0.29, 0.717) is 18.0 Å². The van der Waals surface area contributed by atoms with Gasteiger partial charge in [-0.05, 0) is 54.0 Å². The molecule has 1 amide bonds. The van der Waals surface area contributed by atoms with Crippen LogP contribution in [-0.2, 0) is 0 Å². The van der Waals surface area contributed by atoms with Crippen molar-refractivity contribution in [2.24, 2.45) is 0 Å².